The Morgan fingerprint density at radius 3 is 3.27 bits per heavy atom. The van der Waals surface area contributed by atoms with E-state index >= 15 is 0 Å². The van der Waals surface area contributed by atoms with Gasteiger partial charge in [0.15, 0.2) is 0 Å². The van der Waals surface area contributed by atoms with Gasteiger partial charge < -0.3 is 5.32 Å². The Labute approximate surface area is 74.2 Å². The zero-order valence-corrected chi connectivity index (χ0v) is 7.69. The maximum atomic E-state index is 4.15. The Bertz CT molecular complexity index is 273. The molecule has 0 amide bonds. The van der Waals surface area contributed by atoms with E-state index in [1.165, 1.54) is 24.1 Å². The third-order valence-corrected chi connectivity index (χ3v) is 2.52. The SMILES string of the molecule is Brc1nccc2c1NCCC2. The molecular weight excluding hydrogens is 204 g/mol. The van der Waals surface area contributed by atoms with E-state index in [1.54, 1.807) is 0 Å². The first-order valence-corrected chi connectivity index (χ1v) is 4.54. The van der Waals surface area contributed by atoms with E-state index in [1.807, 2.05) is 6.20 Å². The molecule has 0 spiro atoms. The lowest BCUT2D eigenvalue weighted by Crippen LogP contribution is -2.12. The summed E-state index contributed by atoms with van der Waals surface area (Å²) in [5, 5.41) is 3.32. The van der Waals surface area contributed by atoms with Crippen molar-refractivity contribution in [2.75, 3.05) is 11.9 Å². The standard InChI is InChI=1S/C8H9BrN2/c9-8-7-6(3-5-11-8)2-1-4-10-7/h3,5,10H,1-2,4H2. The van der Waals surface area contributed by atoms with Crippen molar-refractivity contribution in [2.24, 2.45) is 0 Å². The number of rotatable bonds is 0. The van der Waals surface area contributed by atoms with E-state index in [4.69, 9.17) is 0 Å². The molecule has 0 unspecified atom stereocenters. The fourth-order valence-electron chi connectivity index (χ4n) is 1.36. The van der Waals surface area contributed by atoms with Crippen molar-refractivity contribution in [3.8, 4) is 0 Å². The van der Waals surface area contributed by atoms with E-state index in [9.17, 15) is 0 Å². The summed E-state index contributed by atoms with van der Waals surface area (Å²) in [7, 11) is 0. The zero-order chi connectivity index (χ0) is 7.68. The van der Waals surface area contributed by atoms with Crippen molar-refractivity contribution in [3.63, 3.8) is 0 Å². The molecule has 0 saturated heterocycles. The second-order valence-corrected chi connectivity index (χ2v) is 3.42. The number of halogens is 1. The lowest BCUT2D eigenvalue weighted by molar-refractivity contribution is 0.824. The monoisotopic (exact) mass is 212 g/mol. The van der Waals surface area contributed by atoms with Crippen LogP contribution in [0.2, 0.25) is 0 Å². The van der Waals surface area contributed by atoms with Gasteiger partial charge in [0.25, 0.3) is 0 Å². The average Bonchev–Trinajstić information content (AvgIpc) is 2.06. The van der Waals surface area contributed by atoms with Gasteiger partial charge in [0.2, 0.25) is 0 Å². The molecule has 1 aliphatic heterocycles. The van der Waals surface area contributed by atoms with E-state index < -0.39 is 0 Å². The minimum Gasteiger partial charge on any atom is -0.383 e. The molecular formula is C8H9BrN2. The topological polar surface area (TPSA) is 24.9 Å². The fourth-order valence-corrected chi connectivity index (χ4v) is 1.87. The molecule has 0 radical (unpaired) electrons. The second kappa shape index (κ2) is 2.81. The van der Waals surface area contributed by atoms with Crippen LogP contribution in [-0.4, -0.2) is 11.5 Å². The first-order valence-electron chi connectivity index (χ1n) is 3.75. The highest BCUT2D eigenvalue weighted by Gasteiger charge is 2.10. The van der Waals surface area contributed by atoms with E-state index in [-0.39, 0.29) is 0 Å². The minimum atomic E-state index is 0.940. The molecule has 1 N–H and O–H groups in total. The Balaban J connectivity index is 2.49. The Morgan fingerprint density at radius 1 is 1.55 bits per heavy atom. The summed E-state index contributed by atoms with van der Waals surface area (Å²) in [5.41, 5.74) is 2.55. The highest BCUT2D eigenvalue weighted by Crippen LogP contribution is 2.27. The highest BCUT2D eigenvalue weighted by atomic mass is 79.9. The smallest absolute Gasteiger partial charge is 0.129 e. The van der Waals surface area contributed by atoms with Gasteiger partial charge in [0.1, 0.15) is 4.60 Å². The first-order chi connectivity index (χ1) is 5.38. The van der Waals surface area contributed by atoms with Gasteiger partial charge in [-0.2, -0.15) is 0 Å². The van der Waals surface area contributed by atoms with Gasteiger partial charge in [-0.25, -0.2) is 4.98 Å². The third-order valence-electron chi connectivity index (χ3n) is 1.92. The van der Waals surface area contributed by atoms with Crippen molar-refractivity contribution in [1.82, 2.24) is 4.98 Å². The maximum Gasteiger partial charge on any atom is 0.129 e. The molecule has 0 fully saturated rings. The predicted molar refractivity (Wildman–Crippen MR) is 48.7 cm³/mol. The number of aromatic nitrogens is 1. The summed E-state index contributed by atoms with van der Waals surface area (Å²) in [6, 6.07) is 2.08. The predicted octanol–water partition coefficient (Wildman–Crippen LogP) is 2.20. The number of hydrogen-bond donors (Lipinski definition) is 1. The van der Waals surface area contributed by atoms with E-state index in [0.717, 1.165) is 11.1 Å². The van der Waals surface area contributed by atoms with Gasteiger partial charge in [0, 0.05) is 12.7 Å². The highest BCUT2D eigenvalue weighted by molar-refractivity contribution is 9.10. The van der Waals surface area contributed by atoms with Crippen LogP contribution in [0.4, 0.5) is 5.69 Å². The summed E-state index contributed by atoms with van der Waals surface area (Å²) in [5.74, 6) is 0. The molecule has 0 aromatic carbocycles. The van der Waals surface area contributed by atoms with Crippen molar-refractivity contribution in [2.45, 2.75) is 12.8 Å². The normalized spacial score (nSPS) is 15.4. The van der Waals surface area contributed by atoms with Crippen LogP contribution < -0.4 is 5.32 Å². The summed E-state index contributed by atoms with van der Waals surface area (Å²) >= 11 is 3.41. The maximum absolute atomic E-state index is 4.15. The third kappa shape index (κ3) is 1.25. The first kappa shape index (κ1) is 7.10. The average molecular weight is 213 g/mol. The number of pyridine rings is 1. The van der Waals surface area contributed by atoms with Crippen molar-refractivity contribution in [3.05, 3.63) is 22.4 Å². The van der Waals surface area contributed by atoms with Crippen molar-refractivity contribution < 1.29 is 0 Å². The van der Waals surface area contributed by atoms with Crippen LogP contribution in [0, 0.1) is 0 Å². The number of anilines is 1. The lowest BCUT2D eigenvalue weighted by Gasteiger charge is -2.17. The van der Waals surface area contributed by atoms with Gasteiger partial charge in [-0.3, -0.25) is 0 Å². The van der Waals surface area contributed by atoms with Gasteiger partial charge in [0.05, 0.1) is 5.69 Å². The van der Waals surface area contributed by atoms with Crippen molar-refractivity contribution in [1.29, 1.82) is 0 Å². The van der Waals surface area contributed by atoms with Crippen LogP contribution in [0.15, 0.2) is 16.9 Å². The minimum absolute atomic E-state index is 0.940. The summed E-state index contributed by atoms with van der Waals surface area (Å²) < 4.78 is 0.940. The molecule has 2 rings (SSSR count). The second-order valence-electron chi connectivity index (χ2n) is 2.67. The molecule has 1 aromatic heterocycles. The van der Waals surface area contributed by atoms with Gasteiger partial charge in [-0.15, -0.1) is 0 Å². The fraction of sp³-hybridized carbons (Fsp3) is 0.375. The van der Waals surface area contributed by atoms with Crippen LogP contribution >= 0.6 is 15.9 Å². The molecule has 58 valence electrons. The molecule has 0 aliphatic carbocycles. The van der Waals surface area contributed by atoms with E-state index in [2.05, 4.69) is 32.3 Å². The quantitative estimate of drug-likeness (QED) is 0.668. The number of nitrogens with zero attached hydrogens (tertiary/aromatic N) is 1. The summed E-state index contributed by atoms with van der Waals surface area (Å²) in [6.07, 6.45) is 4.24. The molecule has 1 aliphatic rings. The van der Waals surface area contributed by atoms with Crippen LogP contribution in [0.25, 0.3) is 0 Å². The summed E-state index contributed by atoms with van der Waals surface area (Å²) in [6.45, 7) is 1.07. The van der Waals surface area contributed by atoms with Gasteiger partial charge in [-0.05, 0) is 40.4 Å². The molecule has 2 nitrogen and oxygen atoms in total. The molecule has 11 heavy (non-hydrogen) atoms. The van der Waals surface area contributed by atoms with Gasteiger partial charge in [-0.1, -0.05) is 0 Å². The molecule has 0 bridgehead atoms. The molecule has 0 saturated carbocycles. The Morgan fingerprint density at radius 2 is 2.45 bits per heavy atom. The zero-order valence-electron chi connectivity index (χ0n) is 6.10. The van der Waals surface area contributed by atoms with Crippen LogP contribution in [0.1, 0.15) is 12.0 Å². The van der Waals surface area contributed by atoms with Crippen LogP contribution in [-0.2, 0) is 6.42 Å². The lowest BCUT2D eigenvalue weighted by atomic mass is 10.1. The molecule has 3 heteroatoms. The van der Waals surface area contributed by atoms with Gasteiger partial charge >= 0.3 is 0 Å². The van der Waals surface area contributed by atoms with Crippen LogP contribution in [0.3, 0.4) is 0 Å². The van der Waals surface area contributed by atoms with Crippen molar-refractivity contribution >= 4 is 21.6 Å². The Hall–Kier alpha value is -0.570. The summed E-state index contributed by atoms with van der Waals surface area (Å²) in [4.78, 5) is 4.15. The molecule has 2 heterocycles. The number of hydrogen-bond acceptors (Lipinski definition) is 2. The molecule has 0 atom stereocenters. The largest absolute Gasteiger partial charge is 0.383 e. The Kier molecular flexibility index (Phi) is 1.82. The number of aryl methyl sites for hydroxylation is 1. The van der Waals surface area contributed by atoms with E-state index in [0.29, 0.717) is 0 Å². The molecule has 1 aromatic rings. The number of fused-ring (bicyclic) bond motifs is 1. The number of nitrogens with one attached hydrogen (secondary N) is 1. The van der Waals surface area contributed by atoms with Crippen LogP contribution in [0.5, 0.6) is 0 Å².